The number of rotatable bonds is 2. The molecule has 0 spiro atoms. The first-order valence-electron chi connectivity index (χ1n) is 7.25. The second kappa shape index (κ2) is 6.95. The van der Waals surface area contributed by atoms with Gasteiger partial charge in [-0.2, -0.15) is 4.90 Å². The lowest BCUT2D eigenvalue weighted by atomic mass is 10.2. The van der Waals surface area contributed by atoms with Crippen molar-refractivity contribution in [3.63, 3.8) is 0 Å². The zero-order valence-corrected chi connectivity index (χ0v) is 14.4. The number of anilines is 1. The fraction of sp³-hybridized carbons (Fsp3) is 0.562. The van der Waals surface area contributed by atoms with Crippen molar-refractivity contribution >= 4 is 18.0 Å². The van der Waals surface area contributed by atoms with E-state index in [0.717, 1.165) is 4.90 Å². The molecule has 1 aromatic rings. The number of imide groups is 1. The molecule has 0 fully saturated rings. The molecule has 0 bridgehead atoms. The summed E-state index contributed by atoms with van der Waals surface area (Å²) < 4.78 is 10.5. The Morgan fingerprint density at radius 3 is 1.96 bits per heavy atom. The number of aromatic nitrogens is 1. The second-order valence-corrected chi connectivity index (χ2v) is 6.98. The fourth-order valence-electron chi connectivity index (χ4n) is 1.56. The standard InChI is InChI=1S/C16H24N2O5/c1-15(2,3)22-13(20)18(14(21)23-16(4,5)6)12-9-11(10-19)7-8-17-12/h7-9,19H,10H2,1-6H3. The van der Waals surface area contributed by atoms with Crippen LogP contribution < -0.4 is 4.90 Å². The number of pyridine rings is 1. The Labute approximate surface area is 136 Å². The molecule has 2 amide bonds. The highest BCUT2D eigenvalue weighted by Gasteiger charge is 2.33. The van der Waals surface area contributed by atoms with Gasteiger partial charge in [0.05, 0.1) is 6.61 Å². The zero-order valence-electron chi connectivity index (χ0n) is 14.4. The van der Waals surface area contributed by atoms with Crippen LogP contribution in [0.4, 0.5) is 15.4 Å². The van der Waals surface area contributed by atoms with Crippen LogP contribution in [0.1, 0.15) is 47.1 Å². The van der Waals surface area contributed by atoms with Gasteiger partial charge in [-0.3, -0.25) is 0 Å². The SMILES string of the molecule is CC(C)(C)OC(=O)N(C(=O)OC(C)(C)C)c1cc(CO)ccn1. The Hall–Kier alpha value is -2.15. The van der Waals surface area contributed by atoms with Crippen molar-refractivity contribution in [2.45, 2.75) is 59.4 Å². The Balaban J connectivity index is 3.19. The van der Waals surface area contributed by atoms with Crippen molar-refractivity contribution in [3.8, 4) is 0 Å². The van der Waals surface area contributed by atoms with Gasteiger partial charge in [-0.1, -0.05) is 0 Å². The van der Waals surface area contributed by atoms with Gasteiger partial charge in [0.1, 0.15) is 17.0 Å². The molecule has 0 aliphatic rings. The van der Waals surface area contributed by atoms with Gasteiger partial charge >= 0.3 is 12.2 Å². The third kappa shape index (κ3) is 6.23. The fourth-order valence-corrected chi connectivity index (χ4v) is 1.56. The predicted octanol–water partition coefficient (Wildman–Crippen LogP) is 3.25. The third-order valence-electron chi connectivity index (χ3n) is 2.37. The summed E-state index contributed by atoms with van der Waals surface area (Å²) in [6.45, 7) is 9.90. The quantitative estimate of drug-likeness (QED) is 0.898. The first-order valence-corrected chi connectivity index (χ1v) is 7.25. The van der Waals surface area contributed by atoms with Crippen molar-refractivity contribution < 1.29 is 24.2 Å². The number of carbonyl (C=O) groups excluding carboxylic acids is 2. The molecular weight excluding hydrogens is 300 g/mol. The van der Waals surface area contributed by atoms with Crippen LogP contribution in [0, 0.1) is 0 Å². The molecule has 0 unspecified atom stereocenters. The van der Waals surface area contributed by atoms with Gasteiger partial charge < -0.3 is 14.6 Å². The Morgan fingerprint density at radius 2 is 1.57 bits per heavy atom. The van der Waals surface area contributed by atoms with Gasteiger partial charge in [-0.15, -0.1) is 0 Å². The summed E-state index contributed by atoms with van der Waals surface area (Å²) in [6.07, 6.45) is -0.397. The minimum Gasteiger partial charge on any atom is -0.443 e. The maximum Gasteiger partial charge on any atom is 0.425 e. The van der Waals surface area contributed by atoms with E-state index in [1.54, 1.807) is 47.6 Å². The average molecular weight is 324 g/mol. The lowest BCUT2D eigenvalue weighted by molar-refractivity contribution is 0.0429. The van der Waals surface area contributed by atoms with Crippen LogP contribution in [0.3, 0.4) is 0 Å². The minimum absolute atomic E-state index is 0.0278. The van der Waals surface area contributed by atoms with Crippen LogP contribution in [0.2, 0.25) is 0 Å². The van der Waals surface area contributed by atoms with Gasteiger partial charge in [0, 0.05) is 6.20 Å². The highest BCUT2D eigenvalue weighted by atomic mass is 16.6. The number of hydrogen-bond donors (Lipinski definition) is 1. The van der Waals surface area contributed by atoms with E-state index in [1.807, 2.05) is 0 Å². The third-order valence-corrected chi connectivity index (χ3v) is 2.37. The first kappa shape index (κ1) is 18.9. The summed E-state index contributed by atoms with van der Waals surface area (Å²) >= 11 is 0. The molecule has 0 aliphatic heterocycles. The number of aliphatic hydroxyl groups is 1. The summed E-state index contributed by atoms with van der Waals surface area (Å²) in [5.41, 5.74) is -1.06. The normalized spacial score (nSPS) is 11.8. The van der Waals surface area contributed by atoms with Crippen molar-refractivity contribution in [2.75, 3.05) is 4.90 Å². The van der Waals surface area contributed by atoms with E-state index in [9.17, 15) is 14.7 Å². The summed E-state index contributed by atoms with van der Waals surface area (Å²) in [5.74, 6) is 0.0278. The largest absolute Gasteiger partial charge is 0.443 e. The lowest BCUT2D eigenvalue weighted by Crippen LogP contribution is -2.44. The lowest BCUT2D eigenvalue weighted by Gasteiger charge is -2.28. The van der Waals surface area contributed by atoms with E-state index >= 15 is 0 Å². The van der Waals surface area contributed by atoms with Gasteiger partial charge in [-0.05, 0) is 59.2 Å². The predicted molar refractivity (Wildman–Crippen MR) is 85.1 cm³/mol. The summed E-state index contributed by atoms with van der Waals surface area (Å²) in [7, 11) is 0. The second-order valence-electron chi connectivity index (χ2n) is 6.98. The van der Waals surface area contributed by atoms with Crippen molar-refractivity contribution in [1.82, 2.24) is 4.98 Å². The van der Waals surface area contributed by atoms with E-state index in [1.165, 1.54) is 12.3 Å². The molecule has 1 rings (SSSR count). The topological polar surface area (TPSA) is 89.0 Å². The van der Waals surface area contributed by atoms with Crippen LogP contribution in [-0.4, -0.2) is 33.5 Å². The Kier molecular flexibility index (Phi) is 5.71. The number of carbonyl (C=O) groups is 2. The maximum atomic E-state index is 12.4. The highest BCUT2D eigenvalue weighted by molar-refractivity contribution is 6.08. The smallest absolute Gasteiger partial charge is 0.425 e. The molecule has 1 aromatic heterocycles. The molecule has 7 nitrogen and oxygen atoms in total. The molecule has 128 valence electrons. The molecule has 1 N–H and O–H groups in total. The number of aliphatic hydroxyl groups excluding tert-OH is 1. The summed E-state index contributed by atoms with van der Waals surface area (Å²) in [5, 5.41) is 9.22. The minimum atomic E-state index is -0.894. The molecule has 0 aromatic carbocycles. The van der Waals surface area contributed by atoms with E-state index in [-0.39, 0.29) is 12.4 Å². The Morgan fingerprint density at radius 1 is 1.09 bits per heavy atom. The number of amides is 2. The number of ether oxygens (including phenoxy) is 2. The summed E-state index contributed by atoms with van der Waals surface area (Å²) in [4.78, 5) is 29.5. The molecule has 0 atom stereocenters. The molecule has 0 radical (unpaired) electrons. The van der Waals surface area contributed by atoms with Crippen molar-refractivity contribution in [3.05, 3.63) is 23.9 Å². The first-order chi connectivity index (χ1) is 10.4. The maximum absolute atomic E-state index is 12.4. The van der Waals surface area contributed by atoms with E-state index in [4.69, 9.17) is 9.47 Å². The highest BCUT2D eigenvalue weighted by Crippen LogP contribution is 2.20. The number of nitrogens with zero attached hydrogens (tertiary/aromatic N) is 2. The van der Waals surface area contributed by atoms with Gasteiger partial charge in [0.25, 0.3) is 0 Å². The monoisotopic (exact) mass is 324 g/mol. The van der Waals surface area contributed by atoms with Crippen molar-refractivity contribution in [2.24, 2.45) is 0 Å². The van der Waals surface area contributed by atoms with E-state index in [2.05, 4.69) is 4.98 Å². The molecular formula is C16H24N2O5. The van der Waals surface area contributed by atoms with Crippen LogP contribution in [0.25, 0.3) is 0 Å². The van der Waals surface area contributed by atoms with Crippen LogP contribution in [0.15, 0.2) is 18.3 Å². The van der Waals surface area contributed by atoms with Gasteiger partial charge in [0.2, 0.25) is 0 Å². The molecule has 0 saturated carbocycles. The van der Waals surface area contributed by atoms with Gasteiger partial charge in [0.15, 0.2) is 0 Å². The Bertz CT molecular complexity index is 545. The number of hydrogen-bond acceptors (Lipinski definition) is 6. The van der Waals surface area contributed by atoms with Crippen LogP contribution >= 0.6 is 0 Å². The molecule has 23 heavy (non-hydrogen) atoms. The van der Waals surface area contributed by atoms with Crippen molar-refractivity contribution in [1.29, 1.82) is 0 Å². The average Bonchev–Trinajstić information content (AvgIpc) is 2.34. The molecule has 1 heterocycles. The van der Waals surface area contributed by atoms with Crippen LogP contribution in [-0.2, 0) is 16.1 Å². The summed E-state index contributed by atoms with van der Waals surface area (Å²) in [6, 6.07) is 3.00. The molecule has 0 aliphatic carbocycles. The van der Waals surface area contributed by atoms with E-state index < -0.39 is 23.4 Å². The van der Waals surface area contributed by atoms with Gasteiger partial charge in [-0.25, -0.2) is 14.6 Å². The zero-order chi connectivity index (χ0) is 17.8. The van der Waals surface area contributed by atoms with E-state index in [0.29, 0.717) is 5.56 Å². The molecule has 0 saturated heterocycles. The van der Waals surface area contributed by atoms with Crippen LogP contribution in [0.5, 0.6) is 0 Å². The molecule has 7 heteroatoms.